The molecule has 0 heterocycles. The highest BCUT2D eigenvalue weighted by molar-refractivity contribution is 7.92. The highest BCUT2D eigenvalue weighted by Gasteiger charge is 2.29. The summed E-state index contributed by atoms with van der Waals surface area (Å²) in [6.07, 6.45) is 2.44. The third-order valence-electron chi connectivity index (χ3n) is 2.80. The molecule has 0 aromatic carbocycles. The van der Waals surface area contributed by atoms with Crippen molar-refractivity contribution in [3.05, 3.63) is 0 Å². The smallest absolute Gasteiger partial charge is 0.222 e. The van der Waals surface area contributed by atoms with Gasteiger partial charge in [0.1, 0.15) is 0 Å². The quantitative estimate of drug-likeness (QED) is 0.670. The minimum atomic E-state index is -3.06. The average Bonchev–Trinajstić information content (AvgIpc) is 2.14. The molecular formula is C11H24N2O3S. The SMILES string of the molecule is CN(C)C(=O)CCCNCC(C)(C)S(C)(=O)=O. The predicted molar refractivity (Wildman–Crippen MR) is 69.7 cm³/mol. The van der Waals surface area contributed by atoms with Crippen molar-refractivity contribution in [3.8, 4) is 0 Å². The maximum absolute atomic E-state index is 11.4. The van der Waals surface area contributed by atoms with E-state index in [1.807, 2.05) is 0 Å². The van der Waals surface area contributed by atoms with Crippen molar-refractivity contribution in [3.63, 3.8) is 0 Å². The van der Waals surface area contributed by atoms with Crippen LogP contribution in [0.1, 0.15) is 26.7 Å². The third-order valence-corrected chi connectivity index (χ3v) is 4.95. The number of hydrogen-bond acceptors (Lipinski definition) is 4. The summed E-state index contributed by atoms with van der Waals surface area (Å²) in [5.41, 5.74) is 0. The Labute approximate surface area is 104 Å². The fourth-order valence-corrected chi connectivity index (χ4v) is 1.47. The molecule has 1 N–H and O–H groups in total. The van der Waals surface area contributed by atoms with Gasteiger partial charge in [0.25, 0.3) is 0 Å². The van der Waals surface area contributed by atoms with E-state index >= 15 is 0 Å². The molecule has 5 nitrogen and oxygen atoms in total. The van der Waals surface area contributed by atoms with E-state index in [1.54, 1.807) is 32.8 Å². The van der Waals surface area contributed by atoms with Crippen molar-refractivity contribution in [2.24, 2.45) is 0 Å². The Kier molecular flexibility index (Phi) is 6.12. The summed E-state index contributed by atoms with van der Waals surface area (Å²) in [5.74, 6) is 0.0918. The monoisotopic (exact) mass is 264 g/mol. The molecule has 0 aromatic heterocycles. The highest BCUT2D eigenvalue weighted by Crippen LogP contribution is 2.13. The van der Waals surface area contributed by atoms with Crippen molar-refractivity contribution in [1.29, 1.82) is 0 Å². The van der Waals surface area contributed by atoms with E-state index in [4.69, 9.17) is 0 Å². The van der Waals surface area contributed by atoms with Crippen molar-refractivity contribution in [1.82, 2.24) is 10.2 Å². The molecule has 0 aliphatic heterocycles. The maximum Gasteiger partial charge on any atom is 0.222 e. The summed E-state index contributed by atoms with van der Waals surface area (Å²) in [6.45, 7) is 4.45. The lowest BCUT2D eigenvalue weighted by molar-refractivity contribution is -0.128. The molecule has 0 spiro atoms. The molecule has 0 aromatic rings. The van der Waals surface area contributed by atoms with Crippen LogP contribution >= 0.6 is 0 Å². The van der Waals surface area contributed by atoms with Gasteiger partial charge in [-0.15, -0.1) is 0 Å². The first-order valence-corrected chi connectivity index (χ1v) is 7.57. The molecule has 6 heteroatoms. The highest BCUT2D eigenvalue weighted by atomic mass is 32.2. The number of carbonyl (C=O) groups is 1. The Bertz CT molecular complexity index is 348. The Morgan fingerprint density at radius 3 is 2.24 bits per heavy atom. The van der Waals surface area contributed by atoms with E-state index in [0.717, 1.165) is 6.42 Å². The van der Waals surface area contributed by atoms with Crippen LogP contribution in [0.25, 0.3) is 0 Å². The molecule has 0 rings (SSSR count). The largest absolute Gasteiger partial charge is 0.349 e. The van der Waals surface area contributed by atoms with Gasteiger partial charge in [-0.2, -0.15) is 0 Å². The van der Waals surface area contributed by atoms with E-state index in [9.17, 15) is 13.2 Å². The number of sulfone groups is 1. The molecule has 0 saturated heterocycles. The molecule has 0 unspecified atom stereocenters. The second kappa shape index (κ2) is 6.35. The van der Waals surface area contributed by atoms with E-state index in [1.165, 1.54) is 6.26 Å². The van der Waals surface area contributed by atoms with Gasteiger partial charge < -0.3 is 10.2 Å². The Balaban J connectivity index is 3.84. The Morgan fingerprint density at radius 1 is 1.29 bits per heavy atom. The van der Waals surface area contributed by atoms with Gasteiger partial charge in [-0.1, -0.05) is 0 Å². The number of amides is 1. The molecule has 0 bridgehead atoms. The predicted octanol–water partition coefficient (Wildman–Crippen LogP) is 0.268. The van der Waals surface area contributed by atoms with Crippen LogP contribution in [0, 0.1) is 0 Å². The molecule has 0 radical (unpaired) electrons. The number of rotatable bonds is 7. The van der Waals surface area contributed by atoms with Gasteiger partial charge >= 0.3 is 0 Å². The first kappa shape index (κ1) is 16.4. The molecule has 0 saturated carbocycles. The minimum Gasteiger partial charge on any atom is -0.349 e. The summed E-state index contributed by atoms with van der Waals surface area (Å²) < 4.78 is 22.1. The van der Waals surface area contributed by atoms with E-state index in [2.05, 4.69) is 5.32 Å². The molecule has 0 atom stereocenters. The molecule has 1 amide bonds. The van der Waals surface area contributed by atoms with Crippen LogP contribution in [0.5, 0.6) is 0 Å². The zero-order valence-electron chi connectivity index (χ0n) is 11.4. The number of nitrogens with one attached hydrogen (secondary N) is 1. The van der Waals surface area contributed by atoms with Crippen LogP contribution < -0.4 is 5.32 Å². The number of nitrogens with zero attached hydrogens (tertiary/aromatic N) is 1. The lowest BCUT2D eigenvalue weighted by atomic mass is 10.2. The first-order chi connectivity index (χ1) is 7.58. The van der Waals surface area contributed by atoms with Gasteiger partial charge in [0, 0.05) is 33.3 Å². The molecule has 0 aliphatic rings. The Morgan fingerprint density at radius 2 is 1.82 bits per heavy atom. The fraction of sp³-hybridized carbons (Fsp3) is 0.909. The normalized spacial score (nSPS) is 12.5. The Hall–Kier alpha value is -0.620. The van der Waals surface area contributed by atoms with Crippen LogP contribution in [0.2, 0.25) is 0 Å². The molecular weight excluding hydrogens is 240 g/mol. The zero-order valence-corrected chi connectivity index (χ0v) is 12.2. The van der Waals surface area contributed by atoms with Gasteiger partial charge in [0.15, 0.2) is 9.84 Å². The lowest BCUT2D eigenvalue weighted by Crippen LogP contribution is -2.42. The summed E-state index contributed by atoms with van der Waals surface area (Å²) in [6, 6.07) is 0. The number of carbonyl (C=O) groups excluding carboxylic acids is 1. The van der Waals surface area contributed by atoms with Crippen molar-refractivity contribution < 1.29 is 13.2 Å². The maximum atomic E-state index is 11.4. The van der Waals surface area contributed by atoms with Crippen LogP contribution in [0.3, 0.4) is 0 Å². The van der Waals surface area contributed by atoms with E-state index in [-0.39, 0.29) is 5.91 Å². The molecule has 0 aliphatic carbocycles. The zero-order chi connectivity index (χ0) is 13.7. The molecule has 17 heavy (non-hydrogen) atoms. The van der Waals surface area contributed by atoms with E-state index in [0.29, 0.717) is 19.5 Å². The van der Waals surface area contributed by atoms with Gasteiger partial charge in [0.2, 0.25) is 5.91 Å². The van der Waals surface area contributed by atoms with Crippen molar-refractivity contribution in [2.75, 3.05) is 33.4 Å². The summed E-state index contributed by atoms with van der Waals surface area (Å²) in [7, 11) is 0.392. The van der Waals surface area contributed by atoms with Gasteiger partial charge in [-0.3, -0.25) is 4.79 Å². The van der Waals surface area contributed by atoms with Crippen molar-refractivity contribution in [2.45, 2.75) is 31.4 Å². The fourth-order valence-electron chi connectivity index (χ4n) is 1.11. The van der Waals surface area contributed by atoms with Crippen LogP contribution in [0.15, 0.2) is 0 Å². The van der Waals surface area contributed by atoms with Crippen LogP contribution in [-0.4, -0.2) is 57.4 Å². The standard InChI is InChI=1S/C11H24N2O3S/c1-11(2,17(5,15)16)9-12-8-6-7-10(14)13(3)4/h12H,6-9H2,1-5H3. The number of hydrogen-bond donors (Lipinski definition) is 1. The average molecular weight is 264 g/mol. The van der Waals surface area contributed by atoms with Gasteiger partial charge in [-0.25, -0.2) is 8.42 Å². The van der Waals surface area contributed by atoms with Crippen LogP contribution in [-0.2, 0) is 14.6 Å². The third kappa shape index (κ3) is 6.02. The topological polar surface area (TPSA) is 66.5 Å². The van der Waals surface area contributed by atoms with Gasteiger partial charge in [-0.05, 0) is 26.8 Å². The second-order valence-electron chi connectivity index (χ2n) is 5.10. The summed E-state index contributed by atoms with van der Waals surface area (Å²) in [4.78, 5) is 12.8. The summed E-state index contributed by atoms with van der Waals surface area (Å²) >= 11 is 0. The van der Waals surface area contributed by atoms with Gasteiger partial charge in [0.05, 0.1) is 4.75 Å². The second-order valence-corrected chi connectivity index (χ2v) is 7.75. The molecule has 102 valence electrons. The summed E-state index contributed by atoms with van der Waals surface area (Å²) in [5, 5.41) is 3.08. The van der Waals surface area contributed by atoms with Crippen LogP contribution in [0.4, 0.5) is 0 Å². The lowest BCUT2D eigenvalue weighted by Gasteiger charge is -2.22. The first-order valence-electron chi connectivity index (χ1n) is 5.68. The minimum absolute atomic E-state index is 0.0918. The van der Waals surface area contributed by atoms with E-state index < -0.39 is 14.6 Å². The van der Waals surface area contributed by atoms with Crippen molar-refractivity contribution >= 4 is 15.7 Å². The molecule has 0 fully saturated rings.